The molecule has 0 bridgehead atoms. The number of hydrogen-bond acceptors (Lipinski definition) is 3. The average Bonchev–Trinajstić information content (AvgIpc) is 3.69. The quantitative estimate of drug-likeness (QED) is 0.160. The first-order valence-electron chi connectivity index (χ1n) is 13.9. The molecule has 204 valence electrons. The Morgan fingerprint density at radius 1 is 0.762 bits per heavy atom. The minimum atomic E-state index is -0.683. The van der Waals surface area contributed by atoms with Crippen molar-refractivity contribution in [3.63, 3.8) is 0 Å². The number of carbonyl (C=O) groups excluding carboxylic acids is 1. The number of aryl methyl sites for hydroxylation is 1. The van der Waals surface area contributed by atoms with Crippen molar-refractivity contribution in [2.24, 2.45) is 0 Å². The van der Waals surface area contributed by atoms with Gasteiger partial charge in [0.1, 0.15) is 11.2 Å². The number of allylic oxidation sites excluding steroid dienone is 1. The largest absolute Gasteiger partial charge is 0.318 e. The summed E-state index contributed by atoms with van der Waals surface area (Å²) < 4.78 is 17.9. The van der Waals surface area contributed by atoms with Gasteiger partial charge in [0, 0.05) is 23.9 Å². The summed E-state index contributed by atoms with van der Waals surface area (Å²) in [7, 11) is 0. The van der Waals surface area contributed by atoms with E-state index in [0.29, 0.717) is 18.5 Å². The lowest BCUT2D eigenvalue weighted by Gasteiger charge is -2.37. The molecule has 4 aromatic carbocycles. The third-order valence-electron chi connectivity index (χ3n) is 8.01. The topological polar surface area (TPSA) is 52.7 Å². The number of ketones is 1. The van der Waals surface area contributed by atoms with E-state index in [1.54, 1.807) is 0 Å². The SMILES string of the molecule is O=C1/C(=C/c2ccccc2-c2cn(C(c3ccccc3)(c3ccccc3)c3ccccc3)cn2)CCn2ncc(F)c21. The lowest BCUT2D eigenvalue weighted by molar-refractivity contribution is 0.100. The van der Waals surface area contributed by atoms with Crippen molar-refractivity contribution in [1.82, 2.24) is 19.3 Å². The highest BCUT2D eigenvalue weighted by Crippen LogP contribution is 2.41. The summed E-state index contributed by atoms with van der Waals surface area (Å²) in [4.78, 5) is 18.1. The van der Waals surface area contributed by atoms with Crippen LogP contribution in [0.25, 0.3) is 17.3 Å². The molecule has 0 unspecified atom stereocenters. The maximum absolute atomic E-state index is 14.3. The Labute approximate surface area is 243 Å². The van der Waals surface area contributed by atoms with Crippen molar-refractivity contribution >= 4 is 11.9 Å². The number of rotatable bonds is 6. The molecule has 0 spiro atoms. The van der Waals surface area contributed by atoms with Crippen molar-refractivity contribution < 1.29 is 9.18 Å². The van der Waals surface area contributed by atoms with Gasteiger partial charge in [0.25, 0.3) is 0 Å². The van der Waals surface area contributed by atoms with Gasteiger partial charge in [-0.05, 0) is 34.8 Å². The number of halogens is 1. The minimum absolute atomic E-state index is 0.0209. The van der Waals surface area contributed by atoms with Crippen LogP contribution in [0.15, 0.2) is 140 Å². The highest BCUT2D eigenvalue weighted by Gasteiger charge is 2.38. The molecule has 0 saturated heterocycles. The van der Waals surface area contributed by atoms with Gasteiger partial charge in [0.2, 0.25) is 5.78 Å². The highest BCUT2D eigenvalue weighted by molar-refractivity contribution is 6.11. The van der Waals surface area contributed by atoms with E-state index in [0.717, 1.165) is 39.7 Å². The number of imidazole rings is 1. The molecule has 0 aliphatic carbocycles. The normalized spacial score (nSPS) is 14.2. The van der Waals surface area contributed by atoms with Crippen LogP contribution >= 0.6 is 0 Å². The zero-order valence-electron chi connectivity index (χ0n) is 22.8. The second kappa shape index (κ2) is 10.6. The predicted octanol–water partition coefficient (Wildman–Crippen LogP) is 7.40. The standard InChI is InChI=1S/C36H27FN4O/c37-32-23-39-41-21-20-27(35(42)34(32)41)22-26-12-10-11-19-31(26)33-24-40(25-38-33)36(28-13-4-1-5-14-28,29-15-6-2-7-16-29)30-17-8-3-9-18-30/h1-19,22-25H,20-21H2/b27-22+. The van der Waals surface area contributed by atoms with Crippen molar-refractivity contribution in [3.05, 3.63) is 173 Å². The first-order valence-corrected chi connectivity index (χ1v) is 13.9. The number of aromatic nitrogens is 4. The molecule has 1 aliphatic heterocycles. The van der Waals surface area contributed by atoms with Gasteiger partial charge in [0.05, 0.1) is 18.2 Å². The third kappa shape index (κ3) is 4.20. The minimum Gasteiger partial charge on any atom is -0.318 e. The maximum Gasteiger partial charge on any atom is 0.210 e. The molecule has 2 aromatic heterocycles. The lowest BCUT2D eigenvalue weighted by Crippen LogP contribution is -2.36. The molecule has 0 radical (unpaired) electrons. The molecule has 0 atom stereocenters. The lowest BCUT2D eigenvalue weighted by atomic mass is 9.77. The smallest absolute Gasteiger partial charge is 0.210 e. The van der Waals surface area contributed by atoms with Gasteiger partial charge in [-0.15, -0.1) is 0 Å². The summed E-state index contributed by atoms with van der Waals surface area (Å²) in [6.45, 7) is 0.460. The Morgan fingerprint density at radius 2 is 1.33 bits per heavy atom. The fourth-order valence-corrected chi connectivity index (χ4v) is 6.06. The van der Waals surface area contributed by atoms with Crippen molar-refractivity contribution in [1.29, 1.82) is 0 Å². The van der Waals surface area contributed by atoms with Crippen molar-refractivity contribution in [2.75, 3.05) is 0 Å². The van der Waals surface area contributed by atoms with E-state index in [1.807, 2.05) is 54.9 Å². The first-order chi connectivity index (χ1) is 20.7. The third-order valence-corrected chi connectivity index (χ3v) is 8.01. The monoisotopic (exact) mass is 550 g/mol. The van der Waals surface area contributed by atoms with Crippen LogP contribution in [0.4, 0.5) is 4.39 Å². The fraction of sp³-hybridized carbons (Fsp3) is 0.0833. The van der Waals surface area contributed by atoms with Crippen LogP contribution in [-0.2, 0) is 12.1 Å². The van der Waals surface area contributed by atoms with Crippen LogP contribution in [0.3, 0.4) is 0 Å². The van der Waals surface area contributed by atoms with Crippen LogP contribution in [0, 0.1) is 5.82 Å². The molecular weight excluding hydrogens is 523 g/mol. The number of Topliss-reactive ketones (excluding diaryl/α,β-unsaturated/α-hetero) is 1. The summed E-state index contributed by atoms with van der Waals surface area (Å²) in [5, 5.41) is 3.99. The number of fused-ring (bicyclic) bond motifs is 1. The first kappa shape index (κ1) is 25.6. The Hall–Kier alpha value is -5.36. The molecule has 1 aliphatic rings. The second-order valence-electron chi connectivity index (χ2n) is 10.4. The van der Waals surface area contributed by atoms with Crippen LogP contribution in [0.5, 0.6) is 0 Å². The van der Waals surface area contributed by atoms with E-state index >= 15 is 0 Å². The van der Waals surface area contributed by atoms with E-state index < -0.39 is 11.4 Å². The van der Waals surface area contributed by atoms with Gasteiger partial charge in [-0.1, -0.05) is 115 Å². The Balaban J connectivity index is 1.38. The fourth-order valence-electron chi connectivity index (χ4n) is 6.06. The molecule has 0 saturated carbocycles. The molecule has 7 rings (SSSR count). The maximum atomic E-state index is 14.3. The molecular formula is C36H27FN4O. The Morgan fingerprint density at radius 3 is 1.95 bits per heavy atom. The van der Waals surface area contributed by atoms with Gasteiger partial charge in [0.15, 0.2) is 5.82 Å². The van der Waals surface area contributed by atoms with Crippen molar-refractivity contribution in [2.45, 2.75) is 18.5 Å². The van der Waals surface area contributed by atoms with Crippen molar-refractivity contribution in [3.8, 4) is 11.3 Å². The molecule has 0 amide bonds. The summed E-state index contributed by atoms with van der Waals surface area (Å²) in [6.07, 6.45) is 7.41. The summed E-state index contributed by atoms with van der Waals surface area (Å²) in [5.74, 6) is -0.912. The molecule has 42 heavy (non-hydrogen) atoms. The summed E-state index contributed by atoms with van der Waals surface area (Å²) >= 11 is 0. The number of carbonyl (C=O) groups is 1. The van der Waals surface area contributed by atoms with E-state index in [1.165, 1.54) is 4.68 Å². The number of hydrogen-bond donors (Lipinski definition) is 0. The molecule has 3 heterocycles. The van der Waals surface area contributed by atoms with Crippen LogP contribution < -0.4 is 0 Å². The molecule has 0 N–H and O–H groups in total. The average molecular weight is 551 g/mol. The van der Waals surface area contributed by atoms with Crippen LogP contribution in [-0.4, -0.2) is 25.1 Å². The van der Waals surface area contributed by atoms with Gasteiger partial charge in [-0.25, -0.2) is 9.37 Å². The number of benzene rings is 4. The second-order valence-corrected chi connectivity index (χ2v) is 10.4. The zero-order chi connectivity index (χ0) is 28.5. The van der Waals surface area contributed by atoms with Gasteiger partial charge < -0.3 is 4.57 Å². The van der Waals surface area contributed by atoms with E-state index in [-0.39, 0.29) is 11.5 Å². The van der Waals surface area contributed by atoms with E-state index in [4.69, 9.17) is 4.98 Å². The Bertz CT molecular complexity index is 1810. The van der Waals surface area contributed by atoms with Gasteiger partial charge in [-0.2, -0.15) is 5.10 Å². The number of nitrogens with zero attached hydrogens (tertiary/aromatic N) is 4. The summed E-state index contributed by atoms with van der Waals surface area (Å²) in [6, 6.07) is 39.2. The highest BCUT2D eigenvalue weighted by atomic mass is 19.1. The predicted molar refractivity (Wildman–Crippen MR) is 161 cm³/mol. The summed E-state index contributed by atoms with van der Waals surface area (Å²) in [5.41, 5.74) is 5.72. The molecule has 0 fully saturated rings. The van der Waals surface area contributed by atoms with Gasteiger partial charge in [-0.3, -0.25) is 9.48 Å². The molecule has 6 heteroatoms. The van der Waals surface area contributed by atoms with E-state index in [2.05, 4.69) is 88.7 Å². The van der Waals surface area contributed by atoms with Gasteiger partial charge >= 0.3 is 0 Å². The molecule has 5 nitrogen and oxygen atoms in total. The van der Waals surface area contributed by atoms with Crippen LogP contribution in [0.1, 0.15) is 39.2 Å². The van der Waals surface area contributed by atoms with E-state index in [9.17, 15) is 9.18 Å². The molecule has 6 aromatic rings. The Kier molecular flexibility index (Phi) is 6.44. The zero-order valence-corrected chi connectivity index (χ0v) is 22.8. The van der Waals surface area contributed by atoms with Crippen LogP contribution in [0.2, 0.25) is 0 Å².